The second-order valence-electron chi connectivity index (χ2n) is 4.02. The van der Waals surface area contributed by atoms with E-state index in [1.165, 1.54) is 15.6 Å². The fraction of sp³-hybridized carbons (Fsp3) is 0.500. The van der Waals surface area contributed by atoms with Crippen LogP contribution in [0.5, 0.6) is 0 Å². The van der Waals surface area contributed by atoms with Gasteiger partial charge < -0.3 is 10.5 Å². The minimum Gasteiger partial charge on any atom is -0.372 e. The Morgan fingerprint density at radius 1 is 1.53 bits per heavy atom. The summed E-state index contributed by atoms with van der Waals surface area (Å²) in [5.41, 5.74) is 8.22. The zero-order valence-electron chi connectivity index (χ0n) is 8.92. The number of hydrogen-bond acceptors (Lipinski definition) is 2. The highest BCUT2D eigenvalue weighted by atomic mass is 79.9. The molecule has 1 aromatic rings. The third-order valence-electron chi connectivity index (χ3n) is 3.34. The van der Waals surface area contributed by atoms with Gasteiger partial charge in [-0.1, -0.05) is 28.1 Å². The van der Waals surface area contributed by atoms with Crippen molar-refractivity contribution in [2.75, 3.05) is 13.7 Å². The van der Waals surface area contributed by atoms with Crippen LogP contribution in [-0.4, -0.2) is 13.7 Å². The summed E-state index contributed by atoms with van der Waals surface area (Å²) < 4.78 is 6.84. The topological polar surface area (TPSA) is 35.2 Å². The van der Waals surface area contributed by atoms with Gasteiger partial charge >= 0.3 is 0 Å². The molecule has 0 heterocycles. The summed E-state index contributed by atoms with van der Waals surface area (Å²) in [6, 6.07) is 6.27. The minimum absolute atomic E-state index is 0.267. The van der Waals surface area contributed by atoms with Crippen LogP contribution in [0.2, 0.25) is 0 Å². The van der Waals surface area contributed by atoms with Gasteiger partial charge in [-0.25, -0.2) is 0 Å². The van der Waals surface area contributed by atoms with Crippen LogP contribution in [0.15, 0.2) is 22.7 Å². The molecule has 0 amide bonds. The zero-order chi connectivity index (χ0) is 10.9. The van der Waals surface area contributed by atoms with Gasteiger partial charge in [0.05, 0.1) is 0 Å². The van der Waals surface area contributed by atoms with E-state index in [0.717, 1.165) is 19.3 Å². The van der Waals surface area contributed by atoms with Crippen molar-refractivity contribution >= 4 is 15.9 Å². The summed E-state index contributed by atoms with van der Waals surface area (Å²) in [4.78, 5) is 0. The number of fused-ring (bicyclic) bond motifs is 1. The molecule has 82 valence electrons. The summed E-state index contributed by atoms with van der Waals surface area (Å²) in [6.07, 6.45) is 3.27. The van der Waals surface area contributed by atoms with E-state index in [-0.39, 0.29) is 5.60 Å². The van der Waals surface area contributed by atoms with Crippen LogP contribution in [0.4, 0.5) is 0 Å². The number of ether oxygens (including phenoxy) is 1. The molecule has 1 aliphatic carbocycles. The Morgan fingerprint density at radius 3 is 3.00 bits per heavy atom. The predicted octanol–water partition coefficient (Wildman–Crippen LogP) is 2.59. The van der Waals surface area contributed by atoms with Crippen molar-refractivity contribution in [2.24, 2.45) is 5.73 Å². The first-order valence-corrected chi connectivity index (χ1v) is 6.06. The number of nitrogens with two attached hydrogens (primary N) is 1. The van der Waals surface area contributed by atoms with Gasteiger partial charge in [-0.15, -0.1) is 0 Å². The molecule has 0 fully saturated rings. The van der Waals surface area contributed by atoms with Crippen LogP contribution < -0.4 is 5.73 Å². The van der Waals surface area contributed by atoms with Gasteiger partial charge in [-0.3, -0.25) is 0 Å². The summed E-state index contributed by atoms with van der Waals surface area (Å²) in [5, 5.41) is 0. The summed E-state index contributed by atoms with van der Waals surface area (Å²) in [5.74, 6) is 0. The number of rotatable bonds is 2. The number of hydrogen-bond donors (Lipinski definition) is 1. The third kappa shape index (κ3) is 1.73. The Hall–Kier alpha value is -0.380. The van der Waals surface area contributed by atoms with Crippen molar-refractivity contribution in [3.63, 3.8) is 0 Å². The zero-order valence-corrected chi connectivity index (χ0v) is 10.5. The van der Waals surface area contributed by atoms with Crippen LogP contribution in [0, 0.1) is 0 Å². The first kappa shape index (κ1) is 11.1. The van der Waals surface area contributed by atoms with Gasteiger partial charge in [0.1, 0.15) is 5.60 Å². The van der Waals surface area contributed by atoms with Crippen LogP contribution in [0.25, 0.3) is 0 Å². The lowest BCUT2D eigenvalue weighted by atomic mass is 9.79. The second kappa shape index (κ2) is 4.24. The molecule has 15 heavy (non-hydrogen) atoms. The van der Waals surface area contributed by atoms with Gasteiger partial charge in [-0.2, -0.15) is 0 Å². The predicted molar refractivity (Wildman–Crippen MR) is 64.8 cm³/mol. The Balaban J connectivity index is 2.55. The van der Waals surface area contributed by atoms with Crippen molar-refractivity contribution in [3.05, 3.63) is 33.8 Å². The monoisotopic (exact) mass is 269 g/mol. The van der Waals surface area contributed by atoms with E-state index in [1.807, 2.05) is 0 Å². The van der Waals surface area contributed by atoms with Crippen molar-refractivity contribution in [2.45, 2.75) is 24.9 Å². The molecule has 1 aromatic carbocycles. The largest absolute Gasteiger partial charge is 0.372 e. The molecule has 1 atom stereocenters. The molecule has 1 unspecified atom stereocenters. The SMILES string of the molecule is COC1(CN)CCCc2c(Br)cccc21. The highest BCUT2D eigenvalue weighted by Crippen LogP contribution is 2.39. The molecule has 0 aliphatic heterocycles. The molecule has 0 radical (unpaired) electrons. The van der Waals surface area contributed by atoms with E-state index in [9.17, 15) is 0 Å². The quantitative estimate of drug-likeness (QED) is 0.896. The summed E-state index contributed by atoms with van der Waals surface area (Å²) in [6.45, 7) is 0.549. The summed E-state index contributed by atoms with van der Waals surface area (Å²) in [7, 11) is 1.75. The van der Waals surface area contributed by atoms with Gasteiger partial charge in [-0.05, 0) is 36.5 Å². The average molecular weight is 270 g/mol. The standard InChI is InChI=1S/C12H16BrNO/c1-15-12(8-14)7-3-4-9-10(12)5-2-6-11(9)13/h2,5-6H,3-4,7-8,14H2,1H3. The molecular weight excluding hydrogens is 254 g/mol. The Morgan fingerprint density at radius 2 is 2.33 bits per heavy atom. The molecule has 2 N–H and O–H groups in total. The van der Waals surface area contributed by atoms with Crippen molar-refractivity contribution in [1.29, 1.82) is 0 Å². The first-order chi connectivity index (χ1) is 7.23. The van der Waals surface area contributed by atoms with Crippen molar-refractivity contribution < 1.29 is 4.74 Å². The van der Waals surface area contributed by atoms with E-state index in [1.54, 1.807) is 7.11 Å². The first-order valence-electron chi connectivity index (χ1n) is 5.26. The fourth-order valence-corrected chi connectivity index (χ4v) is 3.00. The number of benzene rings is 1. The van der Waals surface area contributed by atoms with Gasteiger partial charge in [0.15, 0.2) is 0 Å². The molecule has 0 spiro atoms. The van der Waals surface area contributed by atoms with Crippen LogP contribution in [-0.2, 0) is 16.8 Å². The molecule has 3 heteroatoms. The van der Waals surface area contributed by atoms with Gasteiger partial charge in [0.25, 0.3) is 0 Å². The third-order valence-corrected chi connectivity index (χ3v) is 4.08. The molecule has 0 bridgehead atoms. The smallest absolute Gasteiger partial charge is 0.105 e. The maximum absolute atomic E-state index is 5.87. The van der Waals surface area contributed by atoms with Gasteiger partial charge in [0, 0.05) is 18.1 Å². The molecule has 2 nitrogen and oxygen atoms in total. The highest BCUT2D eigenvalue weighted by molar-refractivity contribution is 9.10. The molecule has 1 aliphatic rings. The van der Waals surface area contributed by atoms with E-state index < -0.39 is 0 Å². The van der Waals surface area contributed by atoms with Crippen LogP contribution in [0.1, 0.15) is 24.0 Å². The van der Waals surface area contributed by atoms with E-state index in [2.05, 4.69) is 34.1 Å². The number of halogens is 1. The molecular formula is C12H16BrNO. The minimum atomic E-state index is -0.267. The van der Waals surface area contributed by atoms with Crippen molar-refractivity contribution in [1.82, 2.24) is 0 Å². The molecule has 2 rings (SSSR count). The van der Waals surface area contributed by atoms with Gasteiger partial charge in [0.2, 0.25) is 0 Å². The van der Waals surface area contributed by atoms with E-state index in [0.29, 0.717) is 6.54 Å². The Labute approximate surface area is 98.9 Å². The molecule has 0 aromatic heterocycles. The van der Waals surface area contributed by atoms with Crippen LogP contribution in [0.3, 0.4) is 0 Å². The fourth-order valence-electron chi connectivity index (χ4n) is 2.43. The second-order valence-corrected chi connectivity index (χ2v) is 4.88. The van der Waals surface area contributed by atoms with Crippen molar-refractivity contribution in [3.8, 4) is 0 Å². The maximum Gasteiger partial charge on any atom is 0.105 e. The summed E-state index contributed by atoms with van der Waals surface area (Å²) >= 11 is 3.60. The Bertz CT molecular complexity index is 361. The maximum atomic E-state index is 5.87. The Kier molecular flexibility index (Phi) is 3.14. The lowest BCUT2D eigenvalue weighted by Crippen LogP contribution is -2.40. The lowest BCUT2D eigenvalue weighted by molar-refractivity contribution is -0.0212. The average Bonchev–Trinajstić information content (AvgIpc) is 2.29. The molecule has 0 saturated heterocycles. The normalized spacial score (nSPS) is 25.0. The van der Waals surface area contributed by atoms with E-state index in [4.69, 9.17) is 10.5 Å². The number of methoxy groups -OCH3 is 1. The van der Waals surface area contributed by atoms with E-state index >= 15 is 0 Å². The highest BCUT2D eigenvalue weighted by Gasteiger charge is 2.35. The molecule has 0 saturated carbocycles. The van der Waals surface area contributed by atoms with Crippen LogP contribution >= 0.6 is 15.9 Å². The lowest BCUT2D eigenvalue weighted by Gasteiger charge is -2.37.